The fraction of sp³-hybridized carbons (Fsp3) is 0.500. The first-order valence-corrected chi connectivity index (χ1v) is 8.87. The van der Waals surface area contributed by atoms with E-state index in [-0.39, 0.29) is 5.92 Å². The van der Waals surface area contributed by atoms with E-state index in [0.717, 1.165) is 10.4 Å². The van der Waals surface area contributed by atoms with Crippen LogP contribution in [-0.4, -0.2) is 51.2 Å². The van der Waals surface area contributed by atoms with Crippen LogP contribution < -0.4 is 5.32 Å². The van der Waals surface area contributed by atoms with Crippen molar-refractivity contribution in [3.63, 3.8) is 0 Å². The van der Waals surface area contributed by atoms with Gasteiger partial charge in [-0.15, -0.1) is 0 Å². The predicted molar refractivity (Wildman–Crippen MR) is 94.4 cm³/mol. The molecule has 2 aromatic rings. The Balaban J connectivity index is 1.78. The van der Waals surface area contributed by atoms with Gasteiger partial charge in [-0.2, -0.15) is 13.2 Å². The van der Waals surface area contributed by atoms with Crippen LogP contribution in [0.15, 0.2) is 24.3 Å². The van der Waals surface area contributed by atoms with Crippen LogP contribution in [0.5, 0.6) is 0 Å². The third-order valence-electron chi connectivity index (χ3n) is 4.99. The van der Waals surface area contributed by atoms with Gasteiger partial charge < -0.3 is 20.3 Å². The Morgan fingerprint density at radius 3 is 2.50 bits per heavy atom. The number of carboxylic acids is 1. The van der Waals surface area contributed by atoms with Crippen LogP contribution in [0.1, 0.15) is 25.7 Å². The summed E-state index contributed by atoms with van der Waals surface area (Å²) in [6.45, 7) is 2.52. The first kappa shape index (κ1) is 20.0. The Hall–Kier alpha value is -2.78. The molecule has 2 amide bonds. The van der Waals surface area contributed by atoms with Crippen LogP contribution in [0.2, 0.25) is 0 Å². The molecule has 1 aliphatic rings. The summed E-state index contributed by atoms with van der Waals surface area (Å²) in [4.78, 5) is 32.3. The van der Waals surface area contributed by atoms with E-state index in [1.165, 1.54) is 0 Å². The molecule has 3 N–H and O–H groups in total. The van der Waals surface area contributed by atoms with E-state index in [4.69, 9.17) is 5.11 Å². The number of urea groups is 1. The standard InChI is InChI=1S/C18H21F3N4O3/c1-9(2)14(15-22-12-5-3-4-6-13(12)23-15)24-17(28)25-7-10(16(26)27)11(8-25)18(19,20)21/h3-6,9-11,14H,7-8H2,1-2H3,(H,22,23)(H,24,28)(H,26,27)/t10-,11-,14?/m1/s1. The number of hydrogen-bond acceptors (Lipinski definition) is 3. The zero-order chi connectivity index (χ0) is 20.6. The molecule has 1 aromatic heterocycles. The van der Waals surface area contributed by atoms with Crippen molar-refractivity contribution < 1.29 is 27.9 Å². The zero-order valence-electron chi connectivity index (χ0n) is 15.3. The lowest BCUT2D eigenvalue weighted by molar-refractivity contribution is -0.187. The minimum atomic E-state index is -4.69. The van der Waals surface area contributed by atoms with Gasteiger partial charge in [-0.3, -0.25) is 4.79 Å². The third kappa shape index (κ3) is 3.90. The molecule has 3 rings (SSSR count). The second-order valence-corrected chi connectivity index (χ2v) is 7.31. The molecule has 1 unspecified atom stereocenters. The fourth-order valence-electron chi connectivity index (χ4n) is 3.45. The Morgan fingerprint density at radius 2 is 1.96 bits per heavy atom. The summed E-state index contributed by atoms with van der Waals surface area (Å²) in [5.41, 5.74) is 1.49. The van der Waals surface area contributed by atoms with Gasteiger partial charge in [0.25, 0.3) is 0 Å². The average molecular weight is 398 g/mol. The number of aromatic amines is 1. The number of hydrogen-bond donors (Lipinski definition) is 3. The van der Waals surface area contributed by atoms with Gasteiger partial charge >= 0.3 is 18.2 Å². The molecule has 0 radical (unpaired) electrons. The van der Waals surface area contributed by atoms with Crippen molar-refractivity contribution in [2.24, 2.45) is 17.8 Å². The number of alkyl halides is 3. The number of aliphatic carboxylic acids is 1. The first-order chi connectivity index (χ1) is 13.1. The summed E-state index contributed by atoms with van der Waals surface area (Å²) in [6, 6.07) is 5.99. The number of halogens is 3. The molecule has 10 heteroatoms. The van der Waals surface area contributed by atoms with Crippen LogP contribution in [0, 0.1) is 17.8 Å². The van der Waals surface area contributed by atoms with Crippen LogP contribution in [0.25, 0.3) is 11.0 Å². The number of likely N-dealkylation sites (tertiary alicyclic amines) is 1. The maximum absolute atomic E-state index is 13.1. The lowest BCUT2D eigenvalue weighted by atomic mass is 9.96. The van der Waals surface area contributed by atoms with E-state index >= 15 is 0 Å². The number of fused-ring (bicyclic) bond motifs is 1. The van der Waals surface area contributed by atoms with Crippen molar-refractivity contribution >= 4 is 23.0 Å². The number of carbonyl (C=O) groups excluding carboxylic acids is 1. The van der Waals surface area contributed by atoms with E-state index in [9.17, 15) is 22.8 Å². The zero-order valence-corrected chi connectivity index (χ0v) is 15.3. The molecule has 2 heterocycles. The number of rotatable bonds is 4. The van der Waals surface area contributed by atoms with Gasteiger partial charge in [0.1, 0.15) is 5.82 Å². The molecule has 1 aliphatic heterocycles. The molecular formula is C18H21F3N4O3. The Morgan fingerprint density at radius 1 is 1.29 bits per heavy atom. The first-order valence-electron chi connectivity index (χ1n) is 8.87. The number of aromatic nitrogens is 2. The van der Waals surface area contributed by atoms with Crippen molar-refractivity contribution in [2.75, 3.05) is 13.1 Å². The van der Waals surface area contributed by atoms with Crippen LogP contribution in [0.4, 0.5) is 18.0 Å². The molecular weight excluding hydrogens is 377 g/mol. The minimum absolute atomic E-state index is 0.0965. The lowest BCUT2D eigenvalue weighted by Crippen LogP contribution is -2.43. The second kappa shape index (κ2) is 7.33. The third-order valence-corrected chi connectivity index (χ3v) is 4.99. The smallest absolute Gasteiger partial charge is 0.394 e. The van der Waals surface area contributed by atoms with Crippen LogP contribution in [-0.2, 0) is 4.79 Å². The van der Waals surface area contributed by atoms with Crippen LogP contribution >= 0.6 is 0 Å². The van der Waals surface area contributed by atoms with Gasteiger partial charge in [-0.1, -0.05) is 26.0 Å². The highest BCUT2D eigenvalue weighted by Crippen LogP contribution is 2.38. The van der Waals surface area contributed by atoms with Gasteiger partial charge in [0, 0.05) is 13.1 Å². The summed E-state index contributed by atoms with van der Waals surface area (Å²) in [5.74, 6) is -4.92. The molecule has 0 bridgehead atoms. The van der Waals surface area contributed by atoms with Crippen molar-refractivity contribution in [2.45, 2.75) is 26.1 Å². The van der Waals surface area contributed by atoms with Gasteiger partial charge in [-0.25, -0.2) is 9.78 Å². The number of H-pyrrole nitrogens is 1. The number of carbonyl (C=O) groups is 2. The number of nitrogens with zero attached hydrogens (tertiary/aromatic N) is 2. The predicted octanol–water partition coefficient (Wildman–Crippen LogP) is 3.16. The van der Waals surface area contributed by atoms with Gasteiger partial charge in [0.05, 0.1) is 28.9 Å². The molecule has 1 saturated heterocycles. The van der Waals surface area contributed by atoms with Crippen molar-refractivity contribution in [3.05, 3.63) is 30.1 Å². The van der Waals surface area contributed by atoms with E-state index in [1.54, 1.807) is 6.07 Å². The molecule has 0 aliphatic carbocycles. The monoisotopic (exact) mass is 398 g/mol. The minimum Gasteiger partial charge on any atom is -0.481 e. The second-order valence-electron chi connectivity index (χ2n) is 7.31. The van der Waals surface area contributed by atoms with E-state index in [2.05, 4.69) is 15.3 Å². The summed E-state index contributed by atoms with van der Waals surface area (Å²) in [6.07, 6.45) is -4.69. The number of amides is 2. The quantitative estimate of drug-likeness (QED) is 0.737. The summed E-state index contributed by atoms with van der Waals surface area (Å²) in [7, 11) is 0. The number of carboxylic acid groups (broad SMARTS) is 1. The maximum Gasteiger partial charge on any atom is 0.394 e. The van der Waals surface area contributed by atoms with Gasteiger partial charge in [-0.05, 0) is 18.1 Å². The summed E-state index contributed by atoms with van der Waals surface area (Å²) < 4.78 is 39.4. The molecule has 1 aromatic carbocycles. The van der Waals surface area contributed by atoms with Crippen molar-refractivity contribution in [1.29, 1.82) is 0 Å². The highest BCUT2D eigenvalue weighted by Gasteiger charge is 2.53. The van der Waals surface area contributed by atoms with Gasteiger partial charge in [0.2, 0.25) is 0 Å². The van der Waals surface area contributed by atoms with Gasteiger partial charge in [0.15, 0.2) is 0 Å². The Labute approximate surface area is 158 Å². The molecule has 3 atom stereocenters. The fourth-order valence-corrected chi connectivity index (χ4v) is 3.45. The number of nitrogens with one attached hydrogen (secondary N) is 2. The average Bonchev–Trinajstić information content (AvgIpc) is 3.23. The molecule has 152 valence electrons. The SMILES string of the molecule is CC(C)C(NC(=O)N1C[C@@H](C(F)(F)F)[C@H](C(=O)O)C1)c1nc2ccccc2[nH]1. The topological polar surface area (TPSA) is 98.3 Å². The highest BCUT2D eigenvalue weighted by atomic mass is 19.4. The normalized spacial score (nSPS) is 21.3. The lowest BCUT2D eigenvalue weighted by Gasteiger charge is -2.24. The van der Waals surface area contributed by atoms with Crippen molar-refractivity contribution in [3.8, 4) is 0 Å². The molecule has 0 spiro atoms. The van der Waals surface area contributed by atoms with E-state index in [0.29, 0.717) is 11.3 Å². The summed E-state index contributed by atoms with van der Waals surface area (Å²) in [5, 5.41) is 11.8. The number of benzene rings is 1. The van der Waals surface area contributed by atoms with Crippen molar-refractivity contribution in [1.82, 2.24) is 20.2 Å². The number of imidazole rings is 1. The molecule has 1 fully saturated rings. The molecule has 28 heavy (non-hydrogen) atoms. The molecule has 7 nitrogen and oxygen atoms in total. The van der Waals surface area contributed by atoms with E-state index < -0.39 is 49.1 Å². The van der Waals surface area contributed by atoms with E-state index in [1.807, 2.05) is 32.0 Å². The Bertz CT molecular complexity index is 847. The summed E-state index contributed by atoms with van der Waals surface area (Å²) >= 11 is 0. The highest BCUT2D eigenvalue weighted by molar-refractivity contribution is 5.79. The van der Waals surface area contributed by atoms with Crippen LogP contribution in [0.3, 0.4) is 0 Å². The molecule has 0 saturated carbocycles. The largest absolute Gasteiger partial charge is 0.481 e. The number of para-hydroxylation sites is 2. The Kier molecular flexibility index (Phi) is 5.22. The maximum atomic E-state index is 13.1.